The zero-order chi connectivity index (χ0) is 12.3. The van der Waals surface area contributed by atoms with Crippen molar-refractivity contribution in [3.8, 4) is 0 Å². The number of ether oxygens (including phenoxy) is 1. The molecule has 92 valence electrons. The smallest absolute Gasteiger partial charge is 0.227 e. The zero-order valence-corrected chi connectivity index (χ0v) is 9.41. The SMILES string of the molecule is Nc1ccc(F)c(NC(=O)C2CCOCC2)c1. The van der Waals surface area contributed by atoms with Crippen LogP contribution in [0.15, 0.2) is 18.2 Å². The lowest BCUT2D eigenvalue weighted by Gasteiger charge is -2.21. The molecule has 1 saturated heterocycles. The number of carbonyl (C=O) groups is 1. The number of benzene rings is 1. The minimum absolute atomic E-state index is 0.107. The molecular formula is C12H15FN2O2. The molecule has 0 atom stereocenters. The van der Waals surface area contributed by atoms with Crippen LogP contribution in [0.5, 0.6) is 0 Å². The van der Waals surface area contributed by atoms with Crippen molar-refractivity contribution in [3.63, 3.8) is 0 Å². The summed E-state index contributed by atoms with van der Waals surface area (Å²) >= 11 is 0. The van der Waals surface area contributed by atoms with Gasteiger partial charge in [0.1, 0.15) is 5.82 Å². The normalized spacial score (nSPS) is 16.8. The summed E-state index contributed by atoms with van der Waals surface area (Å²) in [6.07, 6.45) is 1.35. The van der Waals surface area contributed by atoms with Gasteiger partial charge in [0, 0.05) is 24.8 Å². The average molecular weight is 238 g/mol. The van der Waals surface area contributed by atoms with Crippen LogP contribution in [-0.2, 0) is 9.53 Å². The lowest BCUT2D eigenvalue weighted by atomic mass is 9.99. The van der Waals surface area contributed by atoms with E-state index in [9.17, 15) is 9.18 Å². The first-order valence-electron chi connectivity index (χ1n) is 5.60. The maximum absolute atomic E-state index is 13.4. The van der Waals surface area contributed by atoms with E-state index < -0.39 is 5.82 Å². The van der Waals surface area contributed by atoms with Crippen molar-refractivity contribution in [2.24, 2.45) is 5.92 Å². The number of nitrogens with two attached hydrogens (primary N) is 1. The first kappa shape index (κ1) is 11.9. The second-order valence-corrected chi connectivity index (χ2v) is 4.12. The molecule has 1 heterocycles. The number of halogens is 1. The molecule has 1 aromatic carbocycles. The molecule has 0 aromatic heterocycles. The van der Waals surface area contributed by atoms with Crippen molar-refractivity contribution in [3.05, 3.63) is 24.0 Å². The predicted molar refractivity (Wildman–Crippen MR) is 63.0 cm³/mol. The molecule has 4 nitrogen and oxygen atoms in total. The van der Waals surface area contributed by atoms with Gasteiger partial charge in [0.25, 0.3) is 0 Å². The summed E-state index contributed by atoms with van der Waals surface area (Å²) in [6.45, 7) is 1.16. The molecule has 3 N–H and O–H groups in total. The van der Waals surface area contributed by atoms with Crippen molar-refractivity contribution in [2.75, 3.05) is 24.3 Å². The summed E-state index contributed by atoms with van der Waals surface area (Å²) in [6, 6.07) is 4.13. The quantitative estimate of drug-likeness (QED) is 0.772. The Morgan fingerprint density at radius 3 is 2.82 bits per heavy atom. The fourth-order valence-corrected chi connectivity index (χ4v) is 1.83. The van der Waals surface area contributed by atoms with Gasteiger partial charge in [-0.25, -0.2) is 4.39 Å². The Morgan fingerprint density at radius 1 is 1.41 bits per heavy atom. The lowest BCUT2D eigenvalue weighted by molar-refractivity contribution is -0.122. The van der Waals surface area contributed by atoms with Crippen LogP contribution >= 0.6 is 0 Å². The van der Waals surface area contributed by atoms with E-state index in [4.69, 9.17) is 10.5 Å². The first-order valence-corrected chi connectivity index (χ1v) is 5.60. The summed E-state index contributed by atoms with van der Waals surface area (Å²) in [4.78, 5) is 11.9. The Labute approximate surface area is 98.9 Å². The maximum atomic E-state index is 13.4. The Hall–Kier alpha value is -1.62. The van der Waals surface area contributed by atoms with Crippen LogP contribution in [0, 0.1) is 11.7 Å². The average Bonchev–Trinajstić information content (AvgIpc) is 2.35. The largest absolute Gasteiger partial charge is 0.399 e. The van der Waals surface area contributed by atoms with E-state index in [0.717, 1.165) is 0 Å². The summed E-state index contributed by atoms with van der Waals surface area (Å²) in [5.74, 6) is -0.748. The third-order valence-corrected chi connectivity index (χ3v) is 2.84. The van der Waals surface area contributed by atoms with E-state index in [2.05, 4.69) is 5.32 Å². The minimum atomic E-state index is -0.473. The molecule has 17 heavy (non-hydrogen) atoms. The number of rotatable bonds is 2. The Bertz CT molecular complexity index is 417. The molecule has 0 saturated carbocycles. The fraction of sp³-hybridized carbons (Fsp3) is 0.417. The fourth-order valence-electron chi connectivity index (χ4n) is 1.83. The van der Waals surface area contributed by atoms with E-state index in [1.165, 1.54) is 18.2 Å². The van der Waals surface area contributed by atoms with Crippen molar-refractivity contribution in [1.29, 1.82) is 0 Å². The molecule has 1 aliphatic heterocycles. The van der Waals surface area contributed by atoms with E-state index >= 15 is 0 Å². The van der Waals surface area contributed by atoms with Gasteiger partial charge in [-0.1, -0.05) is 0 Å². The van der Waals surface area contributed by atoms with Gasteiger partial charge in [-0.15, -0.1) is 0 Å². The predicted octanol–water partition coefficient (Wildman–Crippen LogP) is 1.77. The monoisotopic (exact) mass is 238 g/mol. The molecule has 0 unspecified atom stereocenters. The topological polar surface area (TPSA) is 64.3 Å². The van der Waals surface area contributed by atoms with E-state index in [0.29, 0.717) is 31.7 Å². The summed E-state index contributed by atoms with van der Waals surface area (Å²) in [5.41, 5.74) is 6.11. The second kappa shape index (κ2) is 5.14. The number of hydrogen-bond acceptors (Lipinski definition) is 3. The number of amides is 1. The van der Waals surface area contributed by atoms with Gasteiger partial charge in [0.05, 0.1) is 5.69 Å². The van der Waals surface area contributed by atoms with Crippen LogP contribution in [0.4, 0.5) is 15.8 Å². The Morgan fingerprint density at radius 2 is 2.12 bits per heavy atom. The summed E-state index contributed by atoms with van der Waals surface area (Å²) in [7, 11) is 0. The third kappa shape index (κ3) is 2.94. The summed E-state index contributed by atoms with van der Waals surface area (Å²) in [5, 5.41) is 2.57. The highest BCUT2D eigenvalue weighted by Crippen LogP contribution is 2.21. The number of nitrogen functional groups attached to an aromatic ring is 1. The van der Waals surface area contributed by atoms with Crippen molar-refractivity contribution in [1.82, 2.24) is 0 Å². The van der Waals surface area contributed by atoms with E-state index in [1.54, 1.807) is 0 Å². The molecule has 0 radical (unpaired) electrons. The molecule has 0 bridgehead atoms. The molecule has 0 spiro atoms. The van der Waals surface area contributed by atoms with E-state index in [-0.39, 0.29) is 17.5 Å². The van der Waals surface area contributed by atoms with Gasteiger partial charge < -0.3 is 15.8 Å². The van der Waals surface area contributed by atoms with Gasteiger partial charge in [-0.3, -0.25) is 4.79 Å². The van der Waals surface area contributed by atoms with E-state index in [1.807, 2.05) is 0 Å². The van der Waals surface area contributed by atoms with Gasteiger partial charge in [0.15, 0.2) is 0 Å². The van der Waals surface area contributed by atoms with Crippen molar-refractivity contribution < 1.29 is 13.9 Å². The number of carbonyl (C=O) groups excluding carboxylic acids is 1. The van der Waals surface area contributed by atoms with Crippen LogP contribution in [0.1, 0.15) is 12.8 Å². The number of anilines is 2. The molecule has 2 rings (SSSR count). The van der Waals surface area contributed by atoms with Crippen molar-refractivity contribution in [2.45, 2.75) is 12.8 Å². The van der Waals surface area contributed by atoms with Gasteiger partial charge in [-0.2, -0.15) is 0 Å². The molecule has 5 heteroatoms. The van der Waals surface area contributed by atoms with Crippen LogP contribution in [0.25, 0.3) is 0 Å². The van der Waals surface area contributed by atoms with Crippen LogP contribution in [0.2, 0.25) is 0 Å². The molecule has 1 aliphatic rings. The van der Waals surface area contributed by atoms with Gasteiger partial charge in [0.2, 0.25) is 5.91 Å². The lowest BCUT2D eigenvalue weighted by Crippen LogP contribution is -2.28. The number of nitrogens with one attached hydrogen (secondary N) is 1. The highest BCUT2D eigenvalue weighted by molar-refractivity contribution is 5.93. The molecule has 0 aliphatic carbocycles. The molecule has 1 amide bonds. The highest BCUT2D eigenvalue weighted by atomic mass is 19.1. The second-order valence-electron chi connectivity index (χ2n) is 4.12. The minimum Gasteiger partial charge on any atom is -0.399 e. The summed E-state index contributed by atoms with van der Waals surface area (Å²) < 4.78 is 18.6. The van der Waals surface area contributed by atoms with Crippen LogP contribution in [0.3, 0.4) is 0 Å². The zero-order valence-electron chi connectivity index (χ0n) is 9.41. The maximum Gasteiger partial charge on any atom is 0.227 e. The molecule has 1 aromatic rings. The third-order valence-electron chi connectivity index (χ3n) is 2.84. The highest BCUT2D eigenvalue weighted by Gasteiger charge is 2.22. The Kier molecular flexibility index (Phi) is 3.58. The van der Waals surface area contributed by atoms with Crippen molar-refractivity contribution >= 4 is 17.3 Å². The first-order chi connectivity index (χ1) is 8.16. The number of hydrogen-bond donors (Lipinski definition) is 2. The van der Waals surface area contributed by atoms with Crippen LogP contribution in [-0.4, -0.2) is 19.1 Å². The standard InChI is InChI=1S/C12H15FN2O2/c13-10-2-1-9(14)7-11(10)15-12(16)8-3-5-17-6-4-8/h1-2,7-8H,3-6,14H2,(H,15,16). The van der Waals surface area contributed by atoms with Crippen LogP contribution < -0.4 is 11.1 Å². The molecular weight excluding hydrogens is 223 g/mol. The Balaban J connectivity index is 2.04. The van der Waals surface area contributed by atoms with Gasteiger partial charge >= 0.3 is 0 Å². The molecule has 1 fully saturated rings. The van der Waals surface area contributed by atoms with Gasteiger partial charge in [-0.05, 0) is 31.0 Å².